The molecule has 0 spiro atoms. The molecule has 1 N–H and O–H groups in total. The maximum absolute atomic E-state index is 14.4. The molecular weight excluding hydrogens is 456 g/mol. The molecule has 3 atom stereocenters. The first-order valence-electron chi connectivity index (χ1n) is 10.7. The van der Waals surface area contributed by atoms with Gasteiger partial charge in [0.1, 0.15) is 6.04 Å². The molecule has 1 fully saturated rings. The number of aromatic nitrogens is 1. The maximum atomic E-state index is 14.4. The first-order valence-corrected chi connectivity index (χ1v) is 12.0. The largest absolute Gasteiger partial charge is 0.463 e. The topological polar surface area (TPSA) is 63.6 Å². The van der Waals surface area contributed by atoms with Crippen LogP contribution in [0.15, 0.2) is 40.0 Å². The van der Waals surface area contributed by atoms with Crippen molar-refractivity contribution in [1.29, 1.82) is 0 Å². The van der Waals surface area contributed by atoms with Crippen LogP contribution in [0.5, 0.6) is 0 Å². The van der Waals surface area contributed by atoms with Crippen molar-refractivity contribution in [2.45, 2.75) is 45.6 Å². The molecule has 9 heteroatoms. The molecule has 1 aromatic heterocycles. The lowest BCUT2D eigenvalue weighted by atomic mass is 9.78. The molecule has 0 amide bonds. The Kier molecular flexibility index (Phi) is 6.90. The van der Waals surface area contributed by atoms with Crippen molar-refractivity contribution in [3.05, 3.63) is 62.2 Å². The lowest BCUT2D eigenvalue weighted by Gasteiger charge is -2.35. The van der Waals surface area contributed by atoms with Gasteiger partial charge < -0.3 is 10.1 Å². The summed E-state index contributed by atoms with van der Waals surface area (Å²) in [4.78, 5) is 22.2. The monoisotopic (exact) mass is 479 g/mol. The Morgan fingerprint density at radius 3 is 2.84 bits per heavy atom. The van der Waals surface area contributed by atoms with Crippen molar-refractivity contribution < 1.29 is 18.3 Å². The number of hydrogen-bond acceptors (Lipinski definition) is 6. The Balaban J connectivity index is 1.91. The SMILES string of the molecule is CCOC(=O)C1=C(C2CCCC(C)C2)NC(c2nccs2)=NC1c1ccc(F)c(F)c1Cl. The zero-order chi connectivity index (χ0) is 22.8. The average molecular weight is 480 g/mol. The standard InChI is InChI=1S/C23H24ClF2N3O2S/c1-3-31-23(30)16-19(13-6-4-5-12(2)11-13)28-21(22-27-9-10-32-22)29-20(16)14-7-8-15(25)18(26)17(14)24/h7-10,12-13,20H,3-6,11H2,1-2H3,(H,28,29). The van der Waals surface area contributed by atoms with E-state index in [0.29, 0.717) is 28.0 Å². The highest BCUT2D eigenvalue weighted by molar-refractivity contribution is 7.11. The number of halogens is 3. The minimum absolute atomic E-state index is 0.0789. The molecule has 4 rings (SSSR count). The summed E-state index contributed by atoms with van der Waals surface area (Å²) in [6, 6.07) is 1.44. The number of nitrogens with zero attached hydrogens (tertiary/aromatic N) is 2. The number of esters is 1. The van der Waals surface area contributed by atoms with Gasteiger partial charge in [-0.1, -0.05) is 37.4 Å². The number of nitrogens with one attached hydrogen (secondary N) is 1. The number of rotatable bonds is 5. The number of carbonyl (C=O) groups is 1. The highest BCUT2D eigenvalue weighted by Gasteiger charge is 2.38. The van der Waals surface area contributed by atoms with Crippen molar-refractivity contribution in [1.82, 2.24) is 10.3 Å². The van der Waals surface area contributed by atoms with E-state index in [1.807, 2.05) is 5.38 Å². The van der Waals surface area contributed by atoms with Crippen LogP contribution in [0.4, 0.5) is 8.78 Å². The number of ether oxygens (including phenoxy) is 1. The Morgan fingerprint density at radius 1 is 1.34 bits per heavy atom. The van der Waals surface area contributed by atoms with E-state index in [1.54, 1.807) is 13.1 Å². The van der Waals surface area contributed by atoms with Crippen molar-refractivity contribution >= 4 is 34.7 Å². The molecule has 1 aliphatic heterocycles. The van der Waals surface area contributed by atoms with Gasteiger partial charge in [-0.15, -0.1) is 11.3 Å². The Bertz CT molecular complexity index is 1070. The van der Waals surface area contributed by atoms with Crippen LogP contribution >= 0.6 is 22.9 Å². The van der Waals surface area contributed by atoms with Crippen LogP contribution in [0.3, 0.4) is 0 Å². The number of carbonyl (C=O) groups excluding carboxylic acids is 1. The van der Waals surface area contributed by atoms with Gasteiger partial charge in [-0.2, -0.15) is 0 Å². The Labute approximate surface area is 194 Å². The van der Waals surface area contributed by atoms with Gasteiger partial charge >= 0.3 is 5.97 Å². The number of aliphatic imine (C=N–C) groups is 1. The normalized spacial score (nSPS) is 23.5. The van der Waals surface area contributed by atoms with Gasteiger partial charge in [-0.25, -0.2) is 18.6 Å². The van der Waals surface area contributed by atoms with E-state index >= 15 is 0 Å². The third kappa shape index (κ3) is 4.43. The van der Waals surface area contributed by atoms with Crippen LogP contribution in [0.2, 0.25) is 5.02 Å². The molecule has 2 aromatic rings. The van der Waals surface area contributed by atoms with Crippen LogP contribution in [0.25, 0.3) is 0 Å². The molecule has 3 unspecified atom stereocenters. The quantitative estimate of drug-likeness (QED) is 0.434. The van der Waals surface area contributed by atoms with E-state index in [0.717, 1.165) is 31.7 Å². The number of thiazole rings is 1. The molecule has 1 aliphatic carbocycles. The minimum Gasteiger partial charge on any atom is -0.463 e. The van der Waals surface area contributed by atoms with Crippen molar-refractivity contribution in [2.75, 3.05) is 6.61 Å². The zero-order valence-electron chi connectivity index (χ0n) is 17.8. The van der Waals surface area contributed by atoms with Crippen LogP contribution in [-0.2, 0) is 9.53 Å². The van der Waals surface area contributed by atoms with Crippen LogP contribution < -0.4 is 5.32 Å². The Morgan fingerprint density at radius 2 is 2.16 bits per heavy atom. The van der Waals surface area contributed by atoms with Crippen LogP contribution in [0.1, 0.15) is 56.1 Å². The third-order valence-corrected chi connectivity index (χ3v) is 7.07. The number of hydrogen-bond donors (Lipinski definition) is 1. The summed E-state index contributed by atoms with van der Waals surface area (Å²) in [6.07, 6.45) is 5.63. The molecular formula is C23H24ClF2N3O2S. The molecule has 0 radical (unpaired) electrons. The number of allylic oxidation sites excluding steroid dienone is 1. The first-order chi connectivity index (χ1) is 15.4. The van der Waals surface area contributed by atoms with Crippen molar-refractivity contribution in [3.8, 4) is 0 Å². The van der Waals surface area contributed by atoms with Gasteiger partial charge in [-0.3, -0.25) is 4.99 Å². The molecule has 2 aliphatic rings. The second-order valence-corrected chi connectivity index (χ2v) is 9.40. The summed E-state index contributed by atoms with van der Waals surface area (Å²) in [5.74, 6) is -1.70. The lowest BCUT2D eigenvalue weighted by Crippen LogP contribution is -2.38. The van der Waals surface area contributed by atoms with E-state index in [4.69, 9.17) is 21.3 Å². The van der Waals surface area contributed by atoms with E-state index in [9.17, 15) is 13.6 Å². The highest BCUT2D eigenvalue weighted by Crippen LogP contribution is 2.42. The molecule has 0 bridgehead atoms. The molecule has 0 saturated heterocycles. The fourth-order valence-corrected chi connectivity index (χ4v) is 5.29. The van der Waals surface area contributed by atoms with Gasteiger partial charge in [0.25, 0.3) is 0 Å². The third-order valence-electron chi connectivity index (χ3n) is 5.91. The first kappa shape index (κ1) is 22.9. The lowest BCUT2D eigenvalue weighted by molar-refractivity contribution is -0.139. The second kappa shape index (κ2) is 9.67. The second-order valence-electron chi connectivity index (χ2n) is 8.12. The average Bonchev–Trinajstić information content (AvgIpc) is 3.32. The summed E-state index contributed by atoms with van der Waals surface area (Å²) in [6.45, 7) is 4.10. The van der Waals surface area contributed by atoms with Gasteiger partial charge in [0.05, 0.1) is 17.2 Å². The molecule has 2 heterocycles. The fourth-order valence-electron chi connectivity index (χ4n) is 4.44. The predicted molar refractivity (Wildman–Crippen MR) is 121 cm³/mol. The minimum atomic E-state index is -1.16. The summed E-state index contributed by atoms with van der Waals surface area (Å²) in [7, 11) is 0. The van der Waals surface area contributed by atoms with Crippen molar-refractivity contribution in [2.24, 2.45) is 16.8 Å². The predicted octanol–water partition coefficient (Wildman–Crippen LogP) is 5.81. The smallest absolute Gasteiger partial charge is 0.338 e. The van der Waals surface area contributed by atoms with Crippen LogP contribution in [-0.4, -0.2) is 23.4 Å². The summed E-state index contributed by atoms with van der Waals surface area (Å²) in [5, 5.41) is 5.42. The molecule has 1 aromatic carbocycles. The van der Waals surface area contributed by atoms with Crippen LogP contribution in [0, 0.1) is 23.5 Å². The van der Waals surface area contributed by atoms with Crippen molar-refractivity contribution in [3.63, 3.8) is 0 Å². The highest BCUT2D eigenvalue weighted by atomic mass is 35.5. The Hall–Kier alpha value is -2.32. The summed E-state index contributed by atoms with van der Waals surface area (Å²) < 4.78 is 33.5. The van der Waals surface area contributed by atoms with Gasteiger partial charge in [0.15, 0.2) is 22.5 Å². The van der Waals surface area contributed by atoms with Gasteiger partial charge in [-0.05, 0) is 37.7 Å². The van der Waals surface area contributed by atoms with Gasteiger partial charge in [0.2, 0.25) is 0 Å². The fraction of sp³-hybridized carbons (Fsp3) is 0.435. The number of benzene rings is 1. The number of amidine groups is 1. The molecule has 1 saturated carbocycles. The molecule has 170 valence electrons. The van der Waals surface area contributed by atoms with Gasteiger partial charge in [0, 0.05) is 22.8 Å². The van der Waals surface area contributed by atoms with E-state index in [-0.39, 0.29) is 18.1 Å². The zero-order valence-corrected chi connectivity index (χ0v) is 19.4. The maximum Gasteiger partial charge on any atom is 0.338 e. The van der Waals surface area contributed by atoms with E-state index in [1.165, 1.54) is 17.4 Å². The molecule has 5 nitrogen and oxygen atoms in total. The van der Waals surface area contributed by atoms with E-state index in [2.05, 4.69) is 17.2 Å². The summed E-state index contributed by atoms with van der Waals surface area (Å²) in [5.41, 5.74) is 1.21. The molecule has 32 heavy (non-hydrogen) atoms. The van der Waals surface area contributed by atoms with E-state index < -0.39 is 28.7 Å². The summed E-state index contributed by atoms with van der Waals surface area (Å²) >= 11 is 7.61.